The summed E-state index contributed by atoms with van der Waals surface area (Å²) in [6.07, 6.45) is 4.50. The number of methoxy groups -OCH3 is 1. The monoisotopic (exact) mass is 336 g/mol. The Labute approximate surface area is 140 Å². The predicted octanol–water partition coefficient (Wildman–Crippen LogP) is 2.95. The van der Waals surface area contributed by atoms with Crippen molar-refractivity contribution >= 4 is 17.5 Å². The molecule has 0 atom stereocenters. The van der Waals surface area contributed by atoms with Crippen molar-refractivity contribution in [2.45, 2.75) is 26.4 Å². The number of hydrogen-bond donors (Lipinski definition) is 1. The molecule has 0 aromatic heterocycles. The van der Waals surface area contributed by atoms with Crippen molar-refractivity contribution in [2.75, 3.05) is 25.6 Å². The first kappa shape index (κ1) is 19.3. The van der Waals surface area contributed by atoms with Crippen LogP contribution >= 0.6 is 0 Å². The SMILES string of the molecule is C#Cc1cc(OCCOC)cc(NC(=O)OC(C)(C)C)c1[N+](=O)[O-]. The first-order valence-electron chi connectivity index (χ1n) is 7.08. The van der Waals surface area contributed by atoms with E-state index < -0.39 is 22.3 Å². The van der Waals surface area contributed by atoms with Gasteiger partial charge in [-0.2, -0.15) is 0 Å². The maximum Gasteiger partial charge on any atom is 0.412 e. The third-order valence-corrected chi connectivity index (χ3v) is 2.61. The lowest BCUT2D eigenvalue weighted by atomic mass is 10.1. The van der Waals surface area contributed by atoms with Crippen LogP contribution in [0.2, 0.25) is 0 Å². The Bertz CT molecular complexity index is 658. The molecule has 0 saturated heterocycles. The smallest absolute Gasteiger partial charge is 0.412 e. The number of nitro benzene ring substituents is 1. The number of ether oxygens (including phenoxy) is 3. The Hall–Kier alpha value is -2.79. The van der Waals surface area contributed by atoms with Gasteiger partial charge in [0.15, 0.2) is 0 Å². The molecule has 0 unspecified atom stereocenters. The Balaban J connectivity index is 3.18. The van der Waals surface area contributed by atoms with Gasteiger partial charge in [-0.25, -0.2) is 4.79 Å². The minimum atomic E-state index is -0.831. The van der Waals surface area contributed by atoms with E-state index in [-0.39, 0.29) is 23.6 Å². The number of carbonyl (C=O) groups excluding carboxylic acids is 1. The van der Waals surface area contributed by atoms with Crippen molar-refractivity contribution < 1.29 is 23.9 Å². The van der Waals surface area contributed by atoms with Crippen LogP contribution in [0.4, 0.5) is 16.2 Å². The molecule has 1 aromatic rings. The van der Waals surface area contributed by atoms with Gasteiger partial charge in [-0.05, 0) is 20.8 Å². The van der Waals surface area contributed by atoms with Gasteiger partial charge in [0.25, 0.3) is 0 Å². The van der Waals surface area contributed by atoms with Crippen LogP contribution < -0.4 is 10.1 Å². The third kappa shape index (κ3) is 5.78. The van der Waals surface area contributed by atoms with Gasteiger partial charge >= 0.3 is 11.8 Å². The normalized spacial score (nSPS) is 10.6. The largest absolute Gasteiger partial charge is 0.491 e. The van der Waals surface area contributed by atoms with E-state index in [0.717, 1.165) is 0 Å². The van der Waals surface area contributed by atoms with E-state index in [1.807, 2.05) is 0 Å². The quantitative estimate of drug-likeness (QED) is 0.371. The van der Waals surface area contributed by atoms with Crippen molar-refractivity contribution in [3.63, 3.8) is 0 Å². The number of amides is 1. The highest BCUT2D eigenvalue weighted by Gasteiger charge is 2.24. The molecular formula is C16H20N2O6. The number of nitrogens with zero attached hydrogens (tertiary/aromatic N) is 1. The minimum Gasteiger partial charge on any atom is -0.491 e. The molecule has 0 bridgehead atoms. The van der Waals surface area contributed by atoms with Gasteiger partial charge in [0.1, 0.15) is 29.2 Å². The van der Waals surface area contributed by atoms with Gasteiger partial charge in [0.2, 0.25) is 0 Å². The van der Waals surface area contributed by atoms with E-state index in [1.165, 1.54) is 19.2 Å². The van der Waals surface area contributed by atoms with E-state index in [1.54, 1.807) is 20.8 Å². The summed E-state index contributed by atoms with van der Waals surface area (Å²) in [6.45, 7) is 5.59. The first-order chi connectivity index (χ1) is 11.2. The highest BCUT2D eigenvalue weighted by Crippen LogP contribution is 2.33. The zero-order valence-corrected chi connectivity index (χ0v) is 14.0. The molecule has 1 N–H and O–H groups in total. The van der Waals surface area contributed by atoms with E-state index in [0.29, 0.717) is 6.61 Å². The fraction of sp³-hybridized carbons (Fsp3) is 0.438. The average molecular weight is 336 g/mol. The zero-order chi connectivity index (χ0) is 18.3. The molecule has 0 aliphatic heterocycles. The maximum absolute atomic E-state index is 11.9. The third-order valence-electron chi connectivity index (χ3n) is 2.61. The van der Waals surface area contributed by atoms with Gasteiger partial charge < -0.3 is 14.2 Å². The van der Waals surface area contributed by atoms with Crippen LogP contribution in [0.15, 0.2) is 12.1 Å². The summed E-state index contributed by atoms with van der Waals surface area (Å²) in [5.74, 6) is 2.50. The van der Waals surface area contributed by atoms with Crippen LogP contribution in [0.5, 0.6) is 5.75 Å². The molecule has 0 aliphatic carbocycles. The number of rotatable bonds is 6. The highest BCUT2D eigenvalue weighted by atomic mass is 16.6. The number of hydrogen-bond acceptors (Lipinski definition) is 6. The molecule has 8 nitrogen and oxygen atoms in total. The van der Waals surface area contributed by atoms with Crippen LogP contribution in [0.25, 0.3) is 0 Å². The molecule has 0 aliphatic rings. The highest BCUT2D eigenvalue weighted by molar-refractivity contribution is 5.90. The molecule has 0 heterocycles. The zero-order valence-electron chi connectivity index (χ0n) is 14.0. The van der Waals surface area contributed by atoms with E-state index >= 15 is 0 Å². The molecule has 24 heavy (non-hydrogen) atoms. The number of carbonyl (C=O) groups is 1. The van der Waals surface area contributed by atoms with Gasteiger partial charge in [0, 0.05) is 19.2 Å². The van der Waals surface area contributed by atoms with Crippen LogP contribution in [-0.2, 0) is 9.47 Å². The predicted molar refractivity (Wildman–Crippen MR) is 88.3 cm³/mol. The summed E-state index contributed by atoms with van der Waals surface area (Å²) in [6, 6.07) is 2.67. The van der Waals surface area contributed by atoms with Crippen molar-refractivity contribution in [3.8, 4) is 18.1 Å². The standard InChI is InChI=1S/C16H20N2O6/c1-6-11-9-12(23-8-7-22-5)10-13(14(11)18(20)21)17-15(19)24-16(2,3)4/h1,9-10H,7-8H2,2-5H3,(H,17,19). The number of nitro groups is 1. The van der Waals surface area contributed by atoms with Gasteiger partial charge in [0.05, 0.1) is 11.5 Å². The summed E-state index contributed by atoms with van der Waals surface area (Å²) in [4.78, 5) is 22.5. The number of nitrogens with one attached hydrogen (secondary N) is 1. The second kappa shape index (κ2) is 8.17. The van der Waals surface area contributed by atoms with Crippen molar-refractivity contribution in [3.05, 3.63) is 27.8 Å². The Morgan fingerprint density at radius 2 is 2.04 bits per heavy atom. The lowest BCUT2D eigenvalue weighted by Crippen LogP contribution is -2.27. The summed E-state index contributed by atoms with van der Waals surface area (Å²) >= 11 is 0. The molecule has 8 heteroatoms. The second-order valence-corrected chi connectivity index (χ2v) is 5.74. The van der Waals surface area contributed by atoms with Gasteiger partial charge in [-0.1, -0.05) is 5.92 Å². The number of benzene rings is 1. The summed E-state index contributed by atoms with van der Waals surface area (Å²) in [5.41, 5.74) is -1.26. The van der Waals surface area contributed by atoms with Gasteiger partial charge in [-0.15, -0.1) is 6.42 Å². The number of anilines is 1. The van der Waals surface area contributed by atoms with Crippen LogP contribution in [-0.4, -0.2) is 36.9 Å². The molecule has 130 valence electrons. The Morgan fingerprint density at radius 1 is 1.38 bits per heavy atom. The van der Waals surface area contributed by atoms with Crippen LogP contribution in [0.3, 0.4) is 0 Å². The fourth-order valence-electron chi connectivity index (χ4n) is 1.75. The van der Waals surface area contributed by atoms with Gasteiger partial charge in [-0.3, -0.25) is 15.4 Å². The number of terminal acetylenes is 1. The first-order valence-corrected chi connectivity index (χ1v) is 7.08. The molecule has 1 amide bonds. The maximum atomic E-state index is 11.9. The molecular weight excluding hydrogens is 316 g/mol. The molecule has 1 aromatic carbocycles. The van der Waals surface area contributed by atoms with Crippen molar-refractivity contribution in [2.24, 2.45) is 0 Å². The second-order valence-electron chi connectivity index (χ2n) is 5.74. The fourth-order valence-corrected chi connectivity index (χ4v) is 1.75. The summed E-state index contributed by atoms with van der Waals surface area (Å²) in [7, 11) is 1.52. The van der Waals surface area contributed by atoms with Crippen LogP contribution in [0.1, 0.15) is 26.3 Å². The lowest BCUT2D eigenvalue weighted by Gasteiger charge is -2.20. The topological polar surface area (TPSA) is 99.9 Å². The van der Waals surface area contributed by atoms with Crippen LogP contribution in [0, 0.1) is 22.5 Å². The van der Waals surface area contributed by atoms with Crippen molar-refractivity contribution in [1.29, 1.82) is 0 Å². The Kier molecular flexibility index (Phi) is 6.56. The Morgan fingerprint density at radius 3 is 2.54 bits per heavy atom. The summed E-state index contributed by atoms with van der Waals surface area (Å²) < 4.78 is 15.4. The molecule has 0 spiro atoms. The molecule has 0 radical (unpaired) electrons. The van der Waals surface area contributed by atoms with E-state index in [4.69, 9.17) is 20.6 Å². The van der Waals surface area contributed by atoms with E-state index in [9.17, 15) is 14.9 Å². The molecule has 0 saturated carbocycles. The minimum absolute atomic E-state index is 0.0130. The average Bonchev–Trinajstić information content (AvgIpc) is 2.44. The van der Waals surface area contributed by atoms with E-state index in [2.05, 4.69) is 11.2 Å². The molecule has 1 rings (SSSR count). The summed E-state index contributed by atoms with van der Waals surface area (Å²) in [5, 5.41) is 13.6. The van der Waals surface area contributed by atoms with Crippen molar-refractivity contribution in [1.82, 2.24) is 0 Å². The lowest BCUT2D eigenvalue weighted by molar-refractivity contribution is -0.384. The molecule has 0 fully saturated rings.